The molecule has 0 spiro atoms. The highest BCUT2D eigenvalue weighted by atomic mass is 32.1. The zero-order valence-electron chi connectivity index (χ0n) is 11.1. The highest BCUT2D eigenvalue weighted by Gasteiger charge is 2.37. The lowest BCUT2D eigenvalue weighted by molar-refractivity contribution is -0.141. The first kappa shape index (κ1) is 14.5. The Bertz CT molecular complexity index is 566. The van der Waals surface area contributed by atoms with Crippen molar-refractivity contribution in [2.45, 2.75) is 31.2 Å². The van der Waals surface area contributed by atoms with E-state index in [9.17, 15) is 13.2 Å². The Kier molecular flexibility index (Phi) is 3.53. The standard InChI is InChI=1S/C13H14F3N3OS/c14-13(15,16)10-4-3-9(11(17)21)12(18-10)19-5-7-1-2-8(6-19)20-7/h3-4,7-8H,1-2,5-6H2,(H2,17,21). The van der Waals surface area contributed by atoms with Crippen LogP contribution in [-0.2, 0) is 10.9 Å². The third kappa shape index (κ3) is 2.82. The largest absolute Gasteiger partial charge is 0.433 e. The lowest BCUT2D eigenvalue weighted by Crippen LogP contribution is -2.44. The average molecular weight is 317 g/mol. The Balaban J connectivity index is 2.00. The molecule has 2 saturated heterocycles. The number of nitrogens with zero attached hydrogens (tertiary/aromatic N) is 2. The van der Waals surface area contributed by atoms with Gasteiger partial charge < -0.3 is 15.4 Å². The minimum atomic E-state index is -4.49. The molecule has 0 saturated carbocycles. The summed E-state index contributed by atoms with van der Waals surface area (Å²) in [5.74, 6) is 0.206. The van der Waals surface area contributed by atoms with E-state index < -0.39 is 11.9 Å². The zero-order valence-corrected chi connectivity index (χ0v) is 11.9. The fourth-order valence-electron chi connectivity index (χ4n) is 2.83. The average Bonchev–Trinajstić information content (AvgIpc) is 2.75. The Hall–Kier alpha value is -1.41. The Labute approximate surface area is 125 Å². The molecule has 0 radical (unpaired) electrons. The maximum atomic E-state index is 12.9. The number of fused-ring (bicyclic) bond motifs is 2. The van der Waals surface area contributed by atoms with Gasteiger partial charge in [-0.3, -0.25) is 0 Å². The molecule has 2 bridgehead atoms. The second-order valence-corrected chi connectivity index (χ2v) is 5.73. The molecule has 2 fully saturated rings. The first-order valence-electron chi connectivity index (χ1n) is 6.63. The van der Waals surface area contributed by atoms with E-state index in [1.807, 2.05) is 0 Å². The summed E-state index contributed by atoms with van der Waals surface area (Å²) in [4.78, 5) is 5.61. The summed E-state index contributed by atoms with van der Waals surface area (Å²) in [6.07, 6.45) is -2.57. The van der Waals surface area contributed by atoms with Crippen LogP contribution < -0.4 is 10.6 Å². The number of morpholine rings is 1. The Morgan fingerprint density at radius 3 is 2.43 bits per heavy atom. The molecule has 21 heavy (non-hydrogen) atoms. The Morgan fingerprint density at radius 2 is 1.90 bits per heavy atom. The van der Waals surface area contributed by atoms with Crippen molar-refractivity contribution < 1.29 is 17.9 Å². The predicted octanol–water partition coefficient (Wildman–Crippen LogP) is 2.10. The molecule has 3 heterocycles. The smallest absolute Gasteiger partial charge is 0.389 e. The molecule has 0 amide bonds. The van der Waals surface area contributed by atoms with Gasteiger partial charge in [0.05, 0.1) is 17.8 Å². The fourth-order valence-corrected chi connectivity index (χ4v) is 2.99. The highest BCUT2D eigenvalue weighted by Crippen LogP contribution is 2.34. The van der Waals surface area contributed by atoms with E-state index in [-0.39, 0.29) is 23.0 Å². The van der Waals surface area contributed by atoms with E-state index in [4.69, 9.17) is 22.7 Å². The molecule has 0 aromatic carbocycles. The second-order valence-electron chi connectivity index (χ2n) is 5.29. The van der Waals surface area contributed by atoms with Gasteiger partial charge in [-0.2, -0.15) is 13.2 Å². The van der Waals surface area contributed by atoms with Gasteiger partial charge >= 0.3 is 6.18 Å². The molecule has 2 unspecified atom stereocenters. The van der Waals surface area contributed by atoms with Gasteiger partial charge in [-0.25, -0.2) is 4.98 Å². The van der Waals surface area contributed by atoms with Crippen LogP contribution in [0.2, 0.25) is 0 Å². The van der Waals surface area contributed by atoms with Gasteiger partial charge in [0.15, 0.2) is 0 Å². The maximum Gasteiger partial charge on any atom is 0.433 e. The van der Waals surface area contributed by atoms with Crippen LogP contribution in [0.1, 0.15) is 24.1 Å². The molecule has 2 aliphatic heterocycles. The summed E-state index contributed by atoms with van der Waals surface area (Å²) in [5, 5.41) is 0. The lowest BCUT2D eigenvalue weighted by atomic mass is 10.2. The second kappa shape index (κ2) is 5.10. The summed E-state index contributed by atoms with van der Waals surface area (Å²) in [6.45, 7) is 1.03. The van der Waals surface area contributed by atoms with Crippen LogP contribution in [0.3, 0.4) is 0 Å². The third-order valence-electron chi connectivity index (χ3n) is 3.77. The molecule has 1 aromatic rings. The molecule has 2 atom stereocenters. The number of halogens is 3. The number of thiocarbonyl (C=S) groups is 1. The van der Waals surface area contributed by atoms with Gasteiger partial charge in [0, 0.05) is 13.1 Å². The van der Waals surface area contributed by atoms with E-state index >= 15 is 0 Å². The molecule has 0 aliphatic carbocycles. The van der Waals surface area contributed by atoms with Crippen molar-refractivity contribution in [3.63, 3.8) is 0 Å². The van der Waals surface area contributed by atoms with Gasteiger partial charge in [0.2, 0.25) is 0 Å². The molecule has 4 nitrogen and oxygen atoms in total. The van der Waals surface area contributed by atoms with Gasteiger partial charge in [0.1, 0.15) is 16.5 Å². The molecule has 114 valence electrons. The normalized spacial score (nSPS) is 25.2. The first-order chi connectivity index (χ1) is 9.84. The van der Waals surface area contributed by atoms with Crippen molar-refractivity contribution in [3.05, 3.63) is 23.4 Å². The van der Waals surface area contributed by atoms with Crippen LogP contribution in [0, 0.1) is 0 Å². The van der Waals surface area contributed by atoms with Crippen LogP contribution >= 0.6 is 12.2 Å². The number of hydrogen-bond donors (Lipinski definition) is 1. The monoisotopic (exact) mass is 317 g/mol. The summed E-state index contributed by atoms with van der Waals surface area (Å²) in [5.41, 5.74) is 5.06. The first-order valence-corrected chi connectivity index (χ1v) is 7.04. The fraction of sp³-hybridized carbons (Fsp3) is 0.538. The molecule has 8 heteroatoms. The molecular formula is C13H14F3N3OS. The molecule has 2 aliphatic rings. The summed E-state index contributed by atoms with van der Waals surface area (Å²) in [6, 6.07) is 2.21. The van der Waals surface area contributed by atoms with Crippen molar-refractivity contribution in [1.29, 1.82) is 0 Å². The van der Waals surface area contributed by atoms with Gasteiger partial charge in [-0.1, -0.05) is 12.2 Å². The van der Waals surface area contributed by atoms with Gasteiger partial charge in [0.25, 0.3) is 0 Å². The van der Waals surface area contributed by atoms with Crippen LogP contribution in [0.25, 0.3) is 0 Å². The molecule has 2 N–H and O–H groups in total. The minimum absolute atomic E-state index is 0.0410. The number of rotatable bonds is 2. The van der Waals surface area contributed by atoms with Gasteiger partial charge in [-0.15, -0.1) is 0 Å². The third-order valence-corrected chi connectivity index (χ3v) is 3.99. The minimum Gasteiger partial charge on any atom is -0.389 e. The summed E-state index contributed by atoms with van der Waals surface area (Å²) < 4.78 is 44.3. The van der Waals surface area contributed by atoms with Crippen molar-refractivity contribution >= 4 is 23.0 Å². The number of anilines is 1. The number of nitrogens with two attached hydrogens (primary N) is 1. The molecular weight excluding hydrogens is 303 g/mol. The topological polar surface area (TPSA) is 51.4 Å². The number of aromatic nitrogens is 1. The van der Waals surface area contributed by atoms with Gasteiger partial charge in [-0.05, 0) is 25.0 Å². The van der Waals surface area contributed by atoms with E-state index in [0.29, 0.717) is 18.7 Å². The van der Waals surface area contributed by atoms with Crippen molar-refractivity contribution in [2.75, 3.05) is 18.0 Å². The van der Waals surface area contributed by atoms with E-state index in [2.05, 4.69) is 4.98 Å². The van der Waals surface area contributed by atoms with Crippen LogP contribution in [0.5, 0.6) is 0 Å². The lowest BCUT2D eigenvalue weighted by Gasteiger charge is -2.34. The number of alkyl halides is 3. The van der Waals surface area contributed by atoms with Crippen molar-refractivity contribution in [3.8, 4) is 0 Å². The predicted molar refractivity (Wildman–Crippen MR) is 75.2 cm³/mol. The molecule has 3 rings (SSSR count). The Morgan fingerprint density at radius 1 is 1.29 bits per heavy atom. The van der Waals surface area contributed by atoms with Crippen LogP contribution in [0.4, 0.5) is 19.0 Å². The summed E-state index contributed by atoms with van der Waals surface area (Å²) in [7, 11) is 0. The quantitative estimate of drug-likeness (QED) is 0.847. The number of pyridine rings is 1. The van der Waals surface area contributed by atoms with E-state index in [1.54, 1.807) is 4.90 Å². The van der Waals surface area contributed by atoms with E-state index in [1.165, 1.54) is 6.07 Å². The number of ether oxygens (including phenoxy) is 1. The summed E-state index contributed by atoms with van der Waals surface area (Å²) >= 11 is 4.93. The number of hydrogen-bond acceptors (Lipinski definition) is 4. The van der Waals surface area contributed by atoms with Crippen molar-refractivity contribution in [1.82, 2.24) is 4.98 Å². The van der Waals surface area contributed by atoms with E-state index in [0.717, 1.165) is 18.9 Å². The molecule has 1 aromatic heterocycles. The zero-order chi connectivity index (χ0) is 15.2. The van der Waals surface area contributed by atoms with Crippen molar-refractivity contribution in [2.24, 2.45) is 5.73 Å². The SMILES string of the molecule is NC(=S)c1ccc(C(F)(F)F)nc1N1CC2CCC(C1)O2. The highest BCUT2D eigenvalue weighted by molar-refractivity contribution is 7.80. The van der Waals surface area contributed by atoms with Crippen LogP contribution in [-0.4, -0.2) is 35.3 Å². The van der Waals surface area contributed by atoms with Crippen LogP contribution in [0.15, 0.2) is 12.1 Å². The maximum absolute atomic E-state index is 12.9.